The Hall–Kier alpha value is -3.34. The summed E-state index contributed by atoms with van der Waals surface area (Å²) in [6.07, 6.45) is -3.29. The van der Waals surface area contributed by atoms with Crippen LogP contribution in [-0.4, -0.2) is 27.1 Å². The molecule has 0 bridgehead atoms. The van der Waals surface area contributed by atoms with Gasteiger partial charge in [-0.05, 0) is 24.3 Å². The second kappa shape index (κ2) is 7.82. The maximum atomic E-state index is 12.9. The fourth-order valence-corrected chi connectivity index (χ4v) is 2.99. The minimum atomic E-state index is -4.64. The molecule has 0 aliphatic carbocycles. The van der Waals surface area contributed by atoms with Crippen LogP contribution in [0.15, 0.2) is 40.1 Å². The van der Waals surface area contributed by atoms with Crippen LogP contribution < -0.4 is 21.3 Å². The number of nitrogens with zero attached hydrogens (tertiary/aromatic N) is 3. The average molecular weight is 443 g/mol. The second-order valence-corrected chi connectivity index (χ2v) is 6.59. The van der Waals surface area contributed by atoms with Gasteiger partial charge in [-0.25, -0.2) is 14.3 Å². The summed E-state index contributed by atoms with van der Waals surface area (Å²) in [5.41, 5.74) is -2.93. The minimum Gasteiger partial charge on any atom is -0.496 e. The molecule has 2 aromatic heterocycles. The number of nitrogens with one attached hydrogen (secondary N) is 1. The zero-order valence-electron chi connectivity index (χ0n) is 15.6. The zero-order valence-corrected chi connectivity index (χ0v) is 16.3. The number of hydrogen-bond acceptors (Lipinski definition) is 5. The van der Waals surface area contributed by atoms with E-state index in [1.807, 2.05) is 0 Å². The molecule has 0 radical (unpaired) electrons. The molecule has 0 saturated carbocycles. The highest BCUT2D eigenvalue weighted by Gasteiger charge is 2.31. The van der Waals surface area contributed by atoms with Gasteiger partial charge >= 0.3 is 11.9 Å². The summed E-state index contributed by atoms with van der Waals surface area (Å²) in [4.78, 5) is 41.7. The fourth-order valence-electron chi connectivity index (χ4n) is 2.82. The number of aromatic nitrogens is 3. The van der Waals surface area contributed by atoms with Crippen molar-refractivity contribution in [2.75, 3.05) is 12.4 Å². The number of benzene rings is 1. The number of ether oxygens (including phenoxy) is 1. The predicted molar refractivity (Wildman–Crippen MR) is 103 cm³/mol. The van der Waals surface area contributed by atoms with E-state index in [-0.39, 0.29) is 27.5 Å². The molecule has 0 aliphatic heterocycles. The molecule has 3 rings (SSSR count). The third-order valence-electron chi connectivity index (χ3n) is 4.28. The Balaban J connectivity index is 2.01. The van der Waals surface area contributed by atoms with Crippen molar-refractivity contribution < 1.29 is 22.7 Å². The van der Waals surface area contributed by atoms with Crippen molar-refractivity contribution in [3.63, 3.8) is 0 Å². The number of alkyl halides is 3. The van der Waals surface area contributed by atoms with Crippen molar-refractivity contribution in [2.24, 2.45) is 7.05 Å². The number of amides is 1. The summed E-state index contributed by atoms with van der Waals surface area (Å²) < 4.78 is 45.5. The van der Waals surface area contributed by atoms with Crippen LogP contribution in [0.1, 0.15) is 5.56 Å². The van der Waals surface area contributed by atoms with Gasteiger partial charge in [0.05, 0.1) is 23.4 Å². The fraction of sp³-hybridized carbons (Fsp3) is 0.222. The number of methoxy groups -OCH3 is 1. The van der Waals surface area contributed by atoms with Crippen LogP contribution in [0.3, 0.4) is 0 Å². The first-order valence-corrected chi connectivity index (χ1v) is 8.71. The molecule has 0 spiro atoms. The Labute approximate surface area is 171 Å². The van der Waals surface area contributed by atoms with Gasteiger partial charge in [0.1, 0.15) is 17.7 Å². The number of fused-ring (bicyclic) bond motifs is 1. The predicted octanol–water partition coefficient (Wildman–Crippen LogP) is 2.41. The number of carbonyl (C=O) groups excluding carboxylic acids is 1. The average Bonchev–Trinajstić information content (AvgIpc) is 2.69. The van der Waals surface area contributed by atoms with Crippen molar-refractivity contribution in [1.82, 2.24) is 14.1 Å². The van der Waals surface area contributed by atoms with Crippen molar-refractivity contribution in [2.45, 2.75) is 12.7 Å². The van der Waals surface area contributed by atoms with Crippen molar-refractivity contribution >= 4 is 34.2 Å². The summed E-state index contributed by atoms with van der Waals surface area (Å²) in [6, 6.07) is 3.83. The van der Waals surface area contributed by atoms with Gasteiger partial charge < -0.3 is 10.1 Å². The van der Waals surface area contributed by atoms with Gasteiger partial charge in [-0.2, -0.15) is 13.2 Å². The molecule has 1 amide bonds. The Morgan fingerprint density at radius 3 is 2.60 bits per heavy atom. The molecule has 0 atom stereocenters. The summed E-state index contributed by atoms with van der Waals surface area (Å²) in [6.45, 7) is -0.758. The van der Waals surface area contributed by atoms with Crippen LogP contribution in [0, 0.1) is 0 Å². The minimum absolute atomic E-state index is 0.0213. The maximum absolute atomic E-state index is 12.9. The third kappa shape index (κ3) is 3.88. The first-order chi connectivity index (χ1) is 14.0. The van der Waals surface area contributed by atoms with E-state index in [4.69, 9.17) is 16.3 Å². The van der Waals surface area contributed by atoms with Gasteiger partial charge in [0.25, 0.3) is 5.56 Å². The van der Waals surface area contributed by atoms with E-state index >= 15 is 0 Å². The third-order valence-corrected chi connectivity index (χ3v) is 4.61. The lowest BCUT2D eigenvalue weighted by molar-refractivity contribution is -0.137. The molecule has 0 fully saturated rings. The van der Waals surface area contributed by atoms with Crippen molar-refractivity contribution in [3.05, 3.63) is 61.9 Å². The number of pyridine rings is 1. The van der Waals surface area contributed by atoms with Gasteiger partial charge in [0, 0.05) is 13.2 Å². The number of rotatable bonds is 4. The molecule has 158 valence electrons. The van der Waals surface area contributed by atoms with Crippen LogP contribution >= 0.6 is 11.6 Å². The van der Waals surface area contributed by atoms with Crippen LogP contribution in [0.4, 0.5) is 18.9 Å². The zero-order chi connectivity index (χ0) is 22.2. The van der Waals surface area contributed by atoms with Gasteiger partial charge in [0.2, 0.25) is 5.91 Å². The van der Waals surface area contributed by atoms with E-state index in [1.54, 1.807) is 0 Å². The van der Waals surface area contributed by atoms with Gasteiger partial charge in [-0.1, -0.05) is 11.6 Å². The molecule has 2 heterocycles. The first-order valence-electron chi connectivity index (χ1n) is 8.33. The highest BCUT2D eigenvalue weighted by Crippen LogP contribution is 2.33. The highest BCUT2D eigenvalue weighted by molar-refractivity contribution is 6.33. The van der Waals surface area contributed by atoms with E-state index in [0.717, 1.165) is 16.7 Å². The lowest BCUT2D eigenvalue weighted by Crippen LogP contribution is -2.42. The van der Waals surface area contributed by atoms with E-state index in [0.29, 0.717) is 10.6 Å². The highest BCUT2D eigenvalue weighted by atomic mass is 35.5. The van der Waals surface area contributed by atoms with Gasteiger partial charge in [0.15, 0.2) is 5.65 Å². The normalized spacial score (nSPS) is 11.5. The Morgan fingerprint density at radius 1 is 1.27 bits per heavy atom. The maximum Gasteiger partial charge on any atom is 0.416 e. The largest absolute Gasteiger partial charge is 0.496 e. The molecule has 12 heteroatoms. The molecule has 1 aromatic carbocycles. The SMILES string of the molecule is COc1ccnc2c1c(=O)n(CC(=O)Nc1cc(C(F)(F)F)ccc1Cl)c(=O)n2C. The Bertz CT molecular complexity index is 1270. The Kier molecular flexibility index (Phi) is 5.57. The molecule has 3 aromatic rings. The second-order valence-electron chi connectivity index (χ2n) is 6.19. The molecule has 30 heavy (non-hydrogen) atoms. The monoisotopic (exact) mass is 442 g/mol. The van der Waals surface area contributed by atoms with E-state index in [9.17, 15) is 27.6 Å². The number of anilines is 1. The smallest absolute Gasteiger partial charge is 0.416 e. The number of aryl methyl sites for hydroxylation is 1. The lowest BCUT2D eigenvalue weighted by atomic mass is 10.2. The summed E-state index contributed by atoms with van der Waals surface area (Å²) in [5, 5.41) is 2.04. The van der Waals surface area contributed by atoms with Crippen LogP contribution in [0.5, 0.6) is 5.75 Å². The number of hydrogen-bond donors (Lipinski definition) is 1. The Morgan fingerprint density at radius 2 is 1.97 bits per heavy atom. The van der Waals surface area contributed by atoms with Crippen LogP contribution in [0.2, 0.25) is 5.02 Å². The molecular formula is C18H14ClF3N4O4. The molecule has 0 unspecified atom stereocenters. The lowest BCUT2D eigenvalue weighted by Gasteiger charge is -2.13. The van der Waals surface area contributed by atoms with E-state index < -0.39 is 35.4 Å². The molecule has 0 aliphatic rings. The number of carbonyl (C=O) groups is 1. The summed E-state index contributed by atoms with van der Waals surface area (Å²) in [7, 11) is 2.68. The summed E-state index contributed by atoms with van der Waals surface area (Å²) in [5.74, 6) is -0.770. The molecular weight excluding hydrogens is 429 g/mol. The first kappa shape index (κ1) is 21.4. The van der Waals surface area contributed by atoms with E-state index in [2.05, 4.69) is 10.3 Å². The van der Waals surface area contributed by atoms with Gasteiger partial charge in [-0.15, -0.1) is 0 Å². The van der Waals surface area contributed by atoms with Crippen LogP contribution in [0.25, 0.3) is 11.0 Å². The molecule has 0 saturated heterocycles. The standard InChI is InChI=1S/C18H14ClF3N4O4/c1-25-15-14(12(30-2)5-6-23-15)16(28)26(17(25)29)8-13(27)24-11-7-9(18(20,21)22)3-4-10(11)19/h3-7H,8H2,1-2H3,(H,24,27). The number of halogens is 4. The molecule has 1 N–H and O–H groups in total. The quantitative estimate of drug-likeness (QED) is 0.669. The molecule has 8 nitrogen and oxygen atoms in total. The summed E-state index contributed by atoms with van der Waals surface area (Å²) >= 11 is 5.86. The van der Waals surface area contributed by atoms with Crippen molar-refractivity contribution in [3.8, 4) is 5.75 Å². The van der Waals surface area contributed by atoms with Crippen molar-refractivity contribution in [1.29, 1.82) is 0 Å². The van der Waals surface area contributed by atoms with E-state index in [1.165, 1.54) is 26.4 Å². The topological polar surface area (TPSA) is 95.2 Å². The van der Waals surface area contributed by atoms with Gasteiger partial charge in [-0.3, -0.25) is 14.2 Å². The van der Waals surface area contributed by atoms with Crippen LogP contribution in [-0.2, 0) is 24.6 Å².